The number of nitrogens with zero attached hydrogens (tertiary/aromatic N) is 5. The zero-order chi connectivity index (χ0) is 14.2. The van der Waals surface area contributed by atoms with Crippen molar-refractivity contribution >= 4 is 0 Å². The van der Waals surface area contributed by atoms with Gasteiger partial charge in [-0.05, 0) is 12.8 Å². The van der Waals surface area contributed by atoms with E-state index in [9.17, 15) is 0 Å². The summed E-state index contributed by atoms with van der Waals surface area (Å²) in [5.74, 6) is 2.46. The van der Waals surface area contributed by atoms with Crippen molar-refractivity contribution in [3.63, 3.8) is 0 Å². The Labute approximate surface area is 123 Å². The molecule has 0 saturated carbocycles. The molecule has 0 amide bonds. The van der Waals surface area contributed by atoms with Crippen molar-refractivity contribution in [1.29, 1.82) is 0 Å². The average Bonchev–Trinajstić information content (AvgIpc) is 3.14. The van der Waals surface area contributed by atoms with E-state index >= 15 is 0 Å². The van der Waals surface area contributed by atoms with Gasteiger partial charge >= 0.3 is 0 Å². The van der Waals surface area contributed by atoms with Crippen molar-refractivity contribution in [3.05, 3.63) is 29.6 Å². The smallest absolute Gasteiger partial charge is 0.154 e. The second kappa shape index (κ2) is 5.23. The van der Waals surface area contributed by atoms with Crippen LogP contribution in [0.25, 0.3) is 0 Å². The zero-order valence-electron chi connectivity index (χ0n) is 12.2. The molecule has 0 radical (unpaired) electrons. The third-order valence-corrected chi connectivity index (χ3v) is 4.33. The first-order valence-electron chi connectivity index (χ1n) is 7.55. The van der Waals surface area contributed by atoms with Gasteiger partial charge in [0.05, 0.1) is 18.8 Å². The molecule has 2 aromatic rings. The summed E-state index contributed by atoms with van der Waals surface area (Å²) < 4.78 is 9.69. The Morgan fingerprint density at radius 2 is 2.24 bits per heavy atom. The van der Waals surface area contributed by atoms with Gasteiger partial charge in [-0.3, -0.25) is 4.68 Å². The quantitative estimate of drug-likeness (QED) is 0.876. The van der Waals surface area contributed by atoms with E-state index in [4.69, 9.17) is 4.74 Å². The standard InChI is InChI=1S/C14H20N6O/c1-19-8-11(7-16-19)12-14-18-17-13(20(14)5-4-15-12)10-3-2-6-21-9-10/h7-8,10,12,15H,2-6,9H2,1H3. The van der Waals surface area contributed by atoms with Gasteiger partial charge in [-0.25, -0.2) is 0 Å². The lowest BCUT2D eigenvalue weighted by atomic mass is 10.0. The van der Waals surface area contributed by atoms with Gasteiger partial charge in [-0.15, -0.1) is 10.2 Å². The molecule has 1 saturated heterocycles. The second-order valence-corrected chi connectivity index (χ2v) is 5.82. The molecule has 2 unspecified atom stereocenters. The number of aromatic nitrogens is 5. The lowest BCUT2D eigenvalue weighted by Gasteiger charge is -2.27. The normalized spacial score (nSPS) is 25.8. The van der Waals surface area contributed by atoms with Crippen molar-refractivity contribution in [1.82, 2.24) is 29.9 Å². The molecule has 2 aromatic heterocycles. The molecule has 1 fully saturated rings. The van der Waals surface area contributed by atoms with Gasteiger partial charge in [-0.2, -0.15) is 5.10 Å². The molecule has 0 bridgehead atoms. The first-order valence-corrected chi connectivity index (χ1v) is 7.55. The van der Waals surface area contributed by atoms with E-state index < -0.39 is 0 Å². The predicted octanol–water partition coefficient (Wildman–Crippen LogP) is 0.598. The summed E-state index contributed by atoms with van der Waals surface area (Å²) in [4.78, 5) is 0. The van der Waals surface area contributed by atoms with E-state index in [0.29, 0.717) is 5.92 Å². The minimum absolute atomic E-state index is 0.0817. The third-order valence-electron chi connectivity index (χ3n) is 4.33. The summed E-state index contributed by atoms with van der Waals surface area (Å²) in [6.45, 7) is 3.48. The first-order chi connectivity index (χ1) is 10.3. The van der Waals surface area contributed by atoms with Crippen LogP contribution in [0.2, 0.25) is 0 Å². The van der Waals surface area contributed by atoms with Crippen molar-refractivity contribution in [3.8, 4) is 0 Å². The van der Waals surface area contributed by atoms with Crippen LogP contribution < -0.4 is 5.32 Å². The number of nitrogens with one attached hydrogen (secondary N) is 1. The number of fused-ring (bicyclic) bond motifs is 1. The highest BCUT2D eigenvalue weighted by Crippen LogP contribution is 2.29. The molecule has 4 rings (SSSR count). The van der Waals surface area contributed by atoms with Gasteiger partial charge < -0.3 is 14.6 Å². The Hall–Kier alpha value is -1.73. The molecular formula is C14H20N6O. The highest BCUT2D eigenvalue weighted by atomic mass is 16.5. The number of aryl methyl sites for hydroxylation is 1. The Bertz CT molecular complexity index is 627. The van der Waals surface area contributed by atoms with Crippen LogP contribution in [-0.4, -0.2) is 44.3 Å². The average molecular weight is 288 g/mol. The summed E-state index contributed by atoms with van der Waals surface area (Å²) in [6.07, 6.45) is 6.18. The van der Waals surface area contributed by atoms with E-state index in [1.54, 1.807) is 0 Å². The molecule has 112 valence electrons. The maximum Gasteiger partial charge on any atom is 0.154 e. The van der Waals surface area contributed by atoms with Crippen LogP contribution in [0.3, 0.4) is 0 Å². The fraction of sp³-hybridized carbons (Fsp3) is 0.643. The molecule has 7 heteroatoms. The maximum absolute atomic E-state index is 5.60. The lowest BCUT2D eigenvalue weighted by Crippen LogP contribution is -2.35. The Morgan fingerprint density at radius 3 is 3.00 bits per heavy atom. The first kappa shape index (κ1) is 13.0. The summed E-state index contributed by atoms with van der Waals surface area (Å²) in [7, 11) is 1.93. The molecular weight excluding hydrogens is 268 g/mol. The lowest BCUT2D eigenvalue weighted by molar-refractivity contribution is 0.0767. The minimum Gasteiger partial charge on any atom is -0.381 e. The van der Waals surface area contributed by atoms with Gasteiger partial charge in [-0.1, -0.05) is 0 Å². The summed E-state index contributed by atoms with van der Waals surface area (Å²) in [5.41, 5.74) is 1.14. The van der Waals surface area contributed by atoms with Gasteiger partial charge in [0, 0.05) is 44.4 Å². The Balaban J connectivity index is 1.68. The molecule has 0 spiro atoms. The van der Waals surface area contributed by atoms with Crippen LogP contribution in [-0.2, 0) is 18.3 Å². The molecule has 4 heterocycles. The molecule has 2 atom stereocenters. The third kappa shape index (κ3) is 2.26. The molecule has 2 aliphatic rings. The van der Waals surface area contributed by atoms with E-state index in [2.05, 4.69) is 25.2 Å². The summed E-state index contributed by atoms with van der Waals surface area (Å²) >= 11 is 0. The number of hydrogen-bond acceptors (Lipinski definition) is 5. The summed E-state index contributed by atoms with van der Waals surface area (Å²) in [5, 5.41) is 16.7. The fourth-order valence-corrected chi connectivity index (χ4v) is 3.28. The van der Waals surface area contributed by atoms with Gasteiger partial charge in [0.25, 0.3) is 0 Å². The van der Waals surface area contributed by atoms with Gasteiger partial charge in [0.1, 0.15) is 5.82 Å². The van der Waals surface area contributed by atoms with Crippen LogP contribution >= 0.6 is 0 Å². The predicted molar refractivity (Wildman–Crippen MR) is 75.9 cm³/mol. The number of ether oxygens (including phenoxy) is 1. The molecule has 7 nitrogen and oxygen atoms in total. The van der Waals surface area contributed by atoms with Gasteiger partial charge in [0.15, 0.2) is 5.82 Å². The largest absolute Gasteiger partial charge is 0.381 e. The van der Waals surface area contributed by atoms with E-state index in [1.165, 1.54) is 0 Å². The molecule has 1 N–H and O–H groups in total. The van der Waals surface area contributed by atoms with Crippen molar-refractivity contribution in [2.75, 3.05) is 19.8 Å². The summed E-state index contributed by atoms with van der Waals surface area (Å²) in [6, 6.07) is 0.0817. The fourth-order valence-electron chi connectivity index (χ4n) is 3.28. The monoisotopic (exact) mass is 288 g/mol. The maximum atomic E-state index is 5.60. The van der Waals surface area contributed by atoms with Crippen molar-refractivity contribution < 1.29 is 4.74 Å². The zero-order valence-corrected chi connectivity index (χ0v) is 12.2. The number of rotatable bonds is 2. The molecule has 0 aliphatic carbocycles. The highest BCUT2D eigenvalue weighted by molar-refractivity contribution is 5.22. The van der Waals surface area contributed by atoms with Crippen LogP contribution in [0.4, 0.5) is 0 Å². The van der Waals surface area contributed by atoms with E-state index in [0.717, 1.165) is 56.4 Å². The SMILES string of the molecule is Cn1cc(C2NCCn3c(C4CCCOC4)nnc32)cn1. The topological polar surface area (TPSA) is 69.8 Å². The second-order valence-electron chi connectivity index (χ2n) is 5.82. The molecule has 2 aliphatic heterocycles. The molecule has 0 aromatic carbocycles. The van der Waals surface area contributed by atoms with E-state index in [-0.39, 0.29) is 6.04 Å². The Morgan fingerprint density at radius 1 is 1.33 bits per heavy atom. The van der Waals surface area contributed by atoms with E-state index in [1.807, 2.05) is 24.1 Å². The van der Waals surface area contributed by atoms with Crippen LogP contribution in [0.1, 0.15) is 42.0 Å². The van der Waals surface area contributed by atoms with Crippen molar-refractivity contribution in [2.45, 2.75) is 31.3 Å². The number of hydrogen-bond donors (Lipinski definition) is 1. The van der Waals surface area contributed by atoms with Crippen LogP contribution in [0.15, 0.2) is 12.4 Å². The van der Waals surface area contributed by atoms with Crippen molar-refractivity contribution in [2.24, 2.45) is 7.05 Å². The Kier molecular flexibility index (Phi) is 3.23. The molecule has 21 heavy (non-hydrogen) atoms. The minimum atomic E-state index is 0.0817. The van der Waals surface area contributed by atoms with Crippen LogP contribution in [0.5, 0.6) is 0 Å². The highest BCUT2D eigenvalue weighted by Gasteiger charge is 2.30. The van der Waals surface area contributed by atoms with Gasteiger partial charge in [0.2, 0.25) is 0 Å². The van der Waals surface area contributed by atoms with Crippen LogP contribution in [0, 0.1) is 0 Å².